The van der Waals surface area contributed by atoms with Gasteiger partial charge in [0.2, 0.25) is 0 Å². The molecule has 0 aromatic rings. The Balaban J connectivity index is 0. The highest BCUT2D eigenvalue weighted by Crippen LogP contribution is 2.15. The van der Waals surface area contributed by atoms with Crippen molar-refractivity contribution in [2.75, 3.05) is 13.2 Å². The third-order valence-electron chi connectivity index (χ3n) is 2.53. The molecule has 0 heterocycles. The molecule has 0 rings (SSSR count). The Hall–Kier alpha value is -0.610. The Morgan fingerprint density at radius 3 is 2.11 bits per heavy atom. The molecule has 0 spiro atoms. The van der Waals surface area contributed by atoms with Crippen molar-refractivity contribution in [2.45, 2.75) is 65.9 Å². The first-order valence-corrected chi connectivity index (χ1v) is 6.98. The first-order valence-electron chi connectivity index (χ1n) is 6.98. The van der Waals surface area contributed by atoms with Gasteiger partial charge in [-0.2, -0.15) is 0 Å². The zero-order valence-electron chi connectivity index (χ0n) is 12.3. The highest BCUT2D eigenvalue weighted by atomic mass is 16.5. The van der Waals surface area contributed by atoms with Crippen LogP contribution in [0.2, 0.25) is 0 Å². The number of hydrogen-bond acceptors (Lipinski definition) is 4. The molecule has 0 saturated carbocycles. The van der Waals surface area contributed by atoms with Crippen LogP contribution in [0.1, 0.15) is 59.8 Å². The van der Waals surface area contributed by atoms with E-state index in [4.69, 9.17) is 14.9 Å². The van der Waals surface area contributed by atoms with Crippen LogP contribution >= 0.6 is 0 Å². The minimum absolute atomic E-state index is 0.0129. The van der Waals surface area contributed by atoms with Crippen molar-refractivity contribution in [3.8, 4) is 0 Å². The van der Waals surface area contributed by atoms with Gasteiger partial charge in [-0.15, -0.1) is 0 Å². The third kappa shape index (κ3) is 13.5. The average molecular weight is 262 g/mol. The van der Waals surface area contributed by atoms with Crippen LogP contribution in [0.5, 0.6) is 0 Å². The number of rotatable bonds is 8. The topological polar surface area (TPSA) is 66.8 Å². The van der Waals surface area contributed by atoms with Crippen molar-refractivity contribution in [3.63, 3.8) is 0 Å². The SMILES string of the molecule is CC(O)CO.CCCCCC(CC)C(=O)OCC. The van der Waals surface area contributed by atoms with Gasteiger partial charge in [-0.1, -0.05) is 33.1 Å². The standard InChI is InChI=1S/C11H22O2.C3H8O2/c1-4-7-8-9-10(5-2)11(12)13-6-3;1-3(5)2-4/h10H,4-9H2,1-3H3;3-5H,2H2,1H3. The summed E-state index contributed by atoms with van der Waals surface area (Å²) in [5.74, 6) is 0.118. The Labute approximate surface area is 111 Å². The van der Waals surface area contributed by atoms with Gasteiger partial charge in [0.25, 0.3) is 0 Å². The first kappa shape index (κ1) is 19.7. The van der Waals surface area contributed by atoms with Crippen LogP contribution in [-0.4, -0.2) is 35.5 Å². The van der Waals surface area contributed by atoms with Gasteiger partial charge >= 0.3 is 5.97 Å². The molecule has 0 aromatic heterocycles. The van der Waals surface area contributed by atoms with Crippen LogP contribution in [-0.2, 0) is 9.53 Å². The summed E-state index contributed by atoms with van der Waals surface area (Å²) in [4.78, 5) is 11.3. The molecular formula is C14H30O4. The highest BCUT2D eigenvalue weighted by molar-refractivity contribution is 5.72. The highest BCUT2D eigenvalue weighted by Gasteiger charge is 2.16. The Morgan fingerprint density at radius 2 is 1.78 bits per heavy atom. The molecule has 0 amide bonds. The van der Waals surface area contributed by atoms with Gasteiger partial charge in [0.1, 0.15) is 0 Å². The molecule has 18 heavy (non-hydrogen) atoms. The Morgan fingerprint density at radius 1 is 1.22 bits per heavy atom. The zero-order valence-corrected chi connectivity index (χ0v) is 12.3. The molecule has 0 aliphatic carbocycles. The number of aliphatic hydroxyl groups is 2. The second kappa shape index (κ2) is 14.5. The molecule has 0 aliphatic heterocycles. The smallest absolute Gasteiger partial charge is 0.308 e. The number of carbonyl (C=O) groups is 1. The quantitative estimate of drug-likeness (QED) is 0.521. The van der Waals surface area contributed by atoms with E-state index in [9.17, 15) is 4.79 Å². The predicted molar refractivity (Wildman–Crippen MR) is 73.3 cm³/mol. The van der Waals surface area contributed by atoms with Crippen LogP contribution < -0.4 is 0 Å². The van der Waals surface area contributed by atoms with Gasteiger partial charge in [-0.3, -0.25) is 4.79 Å². The van der Waals surface area contributed by atoms with Gasteiger partial charge in [0, 0.05) is 0 Å². The van der Waals surface area contributed by atoms with Crippen LogP contribution in [0.25, 0.3) is 0 Å². The van der Waals surface area contributed by atoms with Crippen LogP contribution in [0.4, 0.5) is 0 Å². The van der Waals surface area contributed by atoms with Crippen LogP contribution in [0.3, 0.4) is 0 Å². The second-order valence-corrected chi connectivity index (χ2v) is 4.38. The second-order valence-electron chi connectivity index (χ2n) is 4.38. The number of hydrogen-bond donors (Lipinski definition) is 2. The van der Waals surface area contributed by atoms with Crippen LogP contribution in [0, 0.1) is 5.92 Å². The van der Waals surface area contributed by atoms with E-state index >= 15 is 0 Å². The number of esters is 1. The van der Waals surface area contributed by atoms with Crippen molar-refractivity contribution >= 4 is 5.97 Å². The van der Waals surface area contributed by atoms with Gasteiger partial charge < -0.3 is 14.9 Å². The molecule has 0 fully saturated rings. The number of unbranched alkanes of at least 4 members (excludes halogenated alkanes) is 2. The largest absolute Gasteiger partial charge is 0.466 e. The van der Waals surface area contributed by atoms with E-state index in [1.54, 1.807) is 0 Å². The molecule has 4 heteroatoms. The van der Waals surface area contributed by atoms with E-state index < -0.39 is 6.10 Å². The molecule has 0 radical (unpaired) electrons. The van der Waals surface area contributed by atoms with E-state index in [-0.39, 0.29) is 18.5 Å². The lowest BCUT2D eigenvalue weighted by Crippen LogP contribution is -2.16. The van der Waals surface area contributed by atoms with Crippen molar-refractivity contribution in [1.82, 2.24) is 0 Å². The van der Waals surface area contributed by atoms with E-state index in [1.807, 2.05) is 13.8 Å². The van der Waals surface area contributed by atoms with Crippen molar-refractivity contribution in [3.05, 3.63) is 0 Å². The predicted octanol–water partition coefficient (Wildman–Crippen LogP) is 2.52. The molecule has 4 nitrogen and oxygen atoms in total. The fourth-order valence-electron chi connectivity index (χ4n) is 1.39. The molecule has 2 N–H and O–H groups in total. The number of ether oxygens (including phenoxy) is 1. The van der Waals surface area contributed by atoms with Crippen molar-refractivity contribution in [1.29, 1.82) is 0 Å². The molecule has 0 aromatic carbocycles. The summed E-state index contributed by atoms with van der Waals surface area (Å²) in [7, 11) is 0. The molecule has 0 aliphatic rings. The number of carbonyl (C=O) groups excluding carboxylic acids is 1. The minimum atomic E-state index is -0.560. The molecule has 0 bridgehead atoms. The average Bonchev–Trinajstić information content (AvgIpc) is 2.35. The Bertz CT molecular complexity index is 181. The number of aliphatic hydroxyl groups excluding tert-OH is 2. The zero-order chi connectivity index (χ0) is 14.4. The lowest BCUT2D eigenvalue weighted by Gasteiger charge is -2.12. The molecule has 0 saturated heterocycles. The first-order chi connectivity index (χ1) is 8.53. The summed E-state index contributed by atoms with van der Waals surface area (Å²) >= 11 is 0. The Kier molecular flexibility index (Phi) is 15.8. The summed E-state index contributed by atoms with van der Waals surface area (Å²) in [6.07, 6.45) is 4.91. The summed E-state index contributed by atoms with van der Waals surface area (Å²) in [5.41, 5.74) is 0. The fraction of sp³-hybridized carbons (Fsp3) is 0.929. The van der Waals surface area contributed by atoms with Crippen molar-refractivity contribution in [2.24, 2.45) is 5.92 Å². The lowest BCUT2D eigenvalue weighted by molar-refractivity contribution is -0.148. The third-order valence-corrected chi connectivity index (χ3v) is 2.53. The maximum absolute atomic E-state index is 11.3. The maximum Gasteiger partial charge on any atom is 0.308 e. The van der Waals surface area contributed by atoms with E-state index in [0.29, 0.717) is 6.61 Å². The van der Waals surface area contributed by atoms with Gasteiger partial charge in [0.05, 0.1) is 25.2 Å². The van der Waals surface area contributed by atoms with E-state index in [0.717, 1.165) is 19.3 Å². The van der Waals surface area contributed by atoms with Gasteiger partial charge in [-0.05, 0) is 26.7 Å². The van der Waals surface area contributed by atoms with Gasteiger partial charge in [-0.25, -0.2) is 0 Å². The monoisotopic (exact) mass is 262 g/mol. The molecule has 110 valence electrons. The summed E-state index contributed by atoms with van der Waals surface area (Å²) in [6, 6.07) is 0. The van der Waals surface area contributed by atoms with Crippen molar-refractivity contribution < 1.29 is 19.7 Å². The molecule has 2 unspecified atom stereocenters. The van der Waals surface area contributed by atoms with Crippen LogP contribution in [0.15, 0.2) is 0 Å². The van der Waals surface area contributed by atoms with Gasteiger partial charge in [0.15, 0.2) is 0 Å². The molecular weight excluding hydrogens is 232 g/mol. The summed E-state index contributed by atoms with van der Waals surface area (Å²) in [5, 5.41) is 16.0. The van der Waals surface area contributed by atoms with E-state index in [2.05, 4.69) is 6.92 Å². The molecule has 2 atom stereocenters. The van der Waals surface area contributed by atoms with E-state index in [1.165, 1.54) is 19.8 Å². The fourth-order valence-corrected chi connectivity index (χ4v) is 1.39. The normalized spacial score (nSPS) is 13.2. The summed E-state index contributed by atoms with van der Waals surface area (Å²) < 4.78 is 4.99. The minimum Gasteiger partial charge on any atom is -0.466 e. The maximum atomic E-state index is 11.3. The summed E-state index contributed by atoms with van der Waals surface area (Å²) in [6.45, 7) is 7.97. The lowest BCUT2D eigenvalue weighted by atomic mass is 9.99.